The molecule has 23 heavy (non-hydrogen) atoms. The van der Waals surface area contributed by atoms with E-state index in [1.807, 2.05) is 54.6 Å². The summed E-state index contributed by atoms with van der Waals surface area (Å²) in [6, 6.07) is 20.8. The van der Waals surface area contributed by atoms with Crippen molar-refractivity contribution in [2.24, 2.45) is 0 Å². The number of anilines is 3. The number of aromatic nitrogens is 1. The summed E-state index contributed by atoms with van der Waals surface area (Å²) in [7, 11) is 0. The molecular formula is C18H14BrN3O. The van der Waals surface area contributed by atoms with E-state index in [0.717, 1.165) is 11.4 Å². The number of nitrogens with one attached hydrogen (secondary N) is 2. The average molecular weight is 368 g/mol. The van der Waals surface area contributed by atoms with E-state index in [0.29, 0.717) is 15.9 Å². The van der Waals surface area contributed by atoms with Gasteiger partial charge in [-0.2, -0.15) is 0 Å². The van der Waals surface area contributed by atoms with Gasteiger partial charge in [-0.05, 0) is 52.3 Å². The van der Waals surface area contributed by atoms with Gasteiger partial charge in [0.25, 0.3) is 5.91 Å². The first-order valence-corrected chi connectivity index (χ1v) is 7.86. The van der Waals surface area contributed by atoms with Gasteiger partial charge in [0.05, 0.1) is 16.9 Å². The number of halogens is 1. The molecular weight excluding hydrogens is 354 g/mol. The third kappa shape index (κ3) is 3.96. The highest BCUT2D eigenvalue weighted by molar-refractivity contribution is 9.10. The van der Waals surface area contributed by atoms with Gasteiger partial charge in [-0.25, -0.2) is 4.98 Å². The van der Waals surface area contributed by atoms with Crippen molar-refractivity contribution in [1.29, 1.82) is 0 Å². The van der Waals surface area contributed by atoms with E-state index >= 15 is 0 Å². The molecule has 3 rings (SSSR count). The highest BCUT2D eigenvalue weighted by Gasteiger charge is 2.09. The first-order chi connectivity index (χ1) is 11.2. The summed E-state index contributed by atoms with van der Waals surface area (Å²) in [5.74, 6) is -0.202. The Morgan fingerprint density at radius 2 is 1.57 bits per heavy atom. The Kier molecular flexibility index (Phi) is 4.68. The Morgan fingerprint density at radius 3 is 2.26 bits per heavy atom. The molecule has 0 spiro atoms. The summed E-state index contributed by atoms with van der Waals surface area (Å²) in [5.41, 5.74) is 3.00. The maximum atomic E-state index is 12.3. The Balaban J connectivity index is 1.80. The molecule has 3 aromatic rings. The monoisotopic (exact) mass is 367 g/mol. The molecule has 1 amide bonds. The van der Waals surface area contributed by atoms with Crippen LogP contribution in [-0.4, -0.2) is 10.9 Å². The Morgan fingerprint density at radius 1 is 0.870 bits per heavy atom. The second-order valence-corrected chi connectivity index (χ2v) is 5.67. The second kappa shape index (κ2) is 7.07. The lowest BCUT2D eigenvalue weighted by molar-refractivity contribution is 0.102. The van der Waals surface area contributed by atoms with Crippen LogP contribution in [0, 0.1) is 0 Å². The number of hydrogen-bond donors (Lipinski definition) is 2. The Hall–Kier alpha value is -2.66. The summed E-state index contributed by atoms with van der Waals surface area (Å²) in [5, 5.41) is 6.21. The molecule has 0 unspecified atom stereocenters. The molecule has 0 fully saturated rings. The van der Waals surface area contributed by atoms with Crippen molar-refractivity contribution in [2.75, 3.05) is 10.6 Å². The molecule has 0 saturated heterocycles. The zero-order chi connectivity index (χ0) is 16.1. The number of amides is 1. The van der Waals surface area contributed by atoms with E-state index in [4.69, 9.17) is 0 Å². The predicted octanol–water partition coefficient (Wildman–Crippen LogP) is 4.84. The zero-order valence-electron chi connectivity index (χ0n) is 12.2. The largest absolute Gasteiger partial charge is 0.354 e. The smallest absolute Gasteiger partial charge is 0.257 e. The van der Waals surface area contributed by atoms with Gasteiger partial charge in [-0.15, -0.1) is 0 Å². The van der Waals surface area contributed by atoms with Crippen molar-refractivity contribution in [3.05, 3.63) is 83.1 Å². The number of rotatable bonds is 4. The maximum Gasteiger partial charge on any atom is 0.257 e. The quantitative estimate of drug-likeness (QED) is 0.648. The number of benzene rings is 2. The SMILES string of the molecule is O=C(Nc1ccccc1Nc1ccccc1)c1ccc(Br)nc1. The summed E-state index contributed by atoms with van der Waals surface area (Å²) >= 11 is 3.26. The molecule has 0 aliphatic heterocycles. The van der Waals surface area contributed by atoms with Crippen molar-refractivity contribution < 1.29 is 4.79 Å². The van der Waals surface area contributed by atoms with E-state index in [1.165, 1.54) is 6.20 Å². The molecule has 2 aromatic carbocycles. The van der Waals surface area contributed by atoms with E-state index in [-0.39, 0.29) is 5.91 Å². The van der Waals surface area contributed by atoms with Gasteiger partial charge in [0, 0.05) is 11.9 Å². The average Bonchev–Trinajstić information content (AvgIpc) is 2.58. The number of nitrogens with zero attached hydrogens (tertiary/aromatic N) is 1. The topological polar surface area (TPSA) is 54.0 Å². The number of para-hydroxylation sites is 3. The minimum Gasteiger partial charge on any atom is -0.354 e. The molecule has 114 valence electrons. The Bertz CT molecular complexity index is 804. The van der Waals surface area contributed by atoms with Gasteiger partial charge in [0.2, 0.25) is 0 Å². The fourth-order valence-electron chi connectivity index (χ4n) is 2.08. The minimum atomic E-state index is -0.202. The normalized spacial score (nSPS) is 10.1. The van der Waals surface area contributed by atoms with Gasteiger partial charge < -0.3 is 10.6 Å². The summed E-state index contributed by atoms with van der Waals surface area (Å²) in [4.78, 5) is 16.4. The van der Waals surface area contributed by atoms with Gasteiger partial charge in [-0.3, -0.25) is 4.79 Å². The fraction of sp³-hybridized carbons (Fsp3) is 0. The van der Waals surface area contributed by atoms with Crippen molar-refractivity contribution >= 4 is 38.9 Å². The van der Waals surface area contributed by atoms with Gasteiger partial charge >= 0.3 is 0 Å². The first kappa shape index (κ1) is 15.2. The number of hydrogen-bond acceptors (Lipinski definition) is 3. The van der Waals surface area contributed by atoms with Crippen LogP contribution in [0.5, 0.6) is 0 Å². The molecule has 4 nitrogen and oxygen atoms in total. The highest BCUT2D eigenvalue weighted by atomic mass is 79.9. The molecule has 0 radical (unpaired) electrons. The van der Waals surface area contributed by atoms with Gasteiger partial charge in [-0.1, -0.05) is 30.3 Å². The summed E-state index contributed by atoms with van der Waals surface area (Å²) in [6.45, 7) is 0. The zero-order valence-corrected chi connectivity index (χ0v) is 13.7. The molecule has 5 heteroatoms. The molecule has 0 aliphatic rings. The van der Waals surface area contributed by atoms with E-state index in [2.05, 4.69) is 31.5 Å². The third-order valence-electron chi connectivity index (χ3n) is 3.22. The van der Waals surface area contributed by atoms with E-state index in [9.17, 15) is 4.79 Å². The van der Waals surface area contributed by atoms with Crippen molar-refractivity contribution in [3.8, 4) is 0 Å². The third-order valence-corrected chi connectivity index (χ3v) is 3.69. The van der Waals surface area contributed by atoms with Crippen LogP contribution in [-0.2, 0) is 0 Å². The van der Waals surface area contributed by atoms with Crippen molar-refractivity contribution in [2.45, 2.75) is 0 Å². The maximum absolute atomic E-state index is 12.3. The first-order valence-electron chi connectivity index (χ1n) is 7.06. The van der Waals surface area contributed by atoms with Gasteiger partial charge in [0.1, 0.15) is 4.60 Å². The molecule has 0 atom stereocenters. The van der Waals surface area contributed by atoms with E-state index < -0.39 is 0 Å². The predicted molar refractivity (Wildman–Crippen MR) is 96.1 cm³/mol. The van der Waals surface area contributed by atoms with Crippen molar-refractivity contribution in [1.82, 2.24) is 4.98 Å². The van der Waals surface area contributed by atoms with Gasteiger partial charge in [0.15, 0.2) is 0 Å². The number of carbonyl (C=O) groups is 1. The molecule has 0 aliphatic carbocycles. The lowest BCUT2D eigenvalue weighted by Gasteiger charge is -2.13. The number of carbonyl (C=O) groups excluding carboxylic acids is 1. The van der Waals surface area contributed by atoms with Crippen LogP contribution in [0.3, 0.4) is 0 Å². The second-order valence-electron chi connectivity index (χ2n) is 4.86. The fourth-order valence-corrected chi connectivity index (χ4v) is 2.32. The molecule has 2 N–H and O–H groups in total. The molecule has 1 heterocycles. The lowest BCUT2D eigenvalue weighted by atomic mass is 10.2. The lowest BCUT2D eigenvalue weighted by Crippen LogP contribution is -2.13. The number of pyridine rings is 1. The molecule has 0 bridgehead atoms. The van der Waals surface area contributed by atoms with Crippen LogP contribution >= 0.6 is 15.9 Å². The summed E-state index contributed by atoms with van der Waals surface area (Å²) in [6.07, 6.45) is 1.53. The van der Waals surface area contributed by atoms with Crippen LogP contribution in [0.2, 0.25) is 0 Å². The standard InChI is InChI=1S/C18H14BrN3O/c19-17-11-10-13(12-20-17)18(23)22-16-9-5-4-8-15(16)21-14-6-2-1-3-7-14/h1-12,21H,(H,22,23). The van der Waals surface area contributed by atoms with Crippen molar-refractivity contribution in [3.63, 3.8) is 0 Å². The van der Waals surface area contributed by atoms with Crippen LogP contribution < -0.4 is 10.6 Å². The van der Waals surface area contributed by atoms with Crippen LogP contribution in [0.15, 0.2) is 77.5 Å². The van der Waals surface area contributed by atoms with Crippen LogP contribution in [0.1, 0.15) is 10.4 Å². The molecule has 0 saturated carbocycles. The van der Waals surface area contributed by atoms with E-state index in [1.54, 1.807) is 12.1 Å². The van der Waals surface area contributed by atoms with Crippen LogP contribution in [0.4, 0.5) is 17.1 Å². The van der Waals surface area contributed by atoms with Crippen LogP contribution in [0.25, 0.3) is 0 Å². The molecule has 1 aromatic heterocycles. The summed E-state index contributed by atoms with van der Waals surface area (Å²) < 4.78 is 0.695. The Labute approximate surface area is 142 Å². The minimum absolute atomic E-state index is 0.202. The highest BCUT2D eigenvalue weighted by Crippen LogP contribution is 2.25.